The monoisotopic (exact) mass is 430 g/mol. The summed E-state index contributed by atoms with van der Waals surface area (Å²) in [7, 11) is -3.59. The Morgan fingerprint density at radius 2 is 1.80 bits per heavy atom. The summed E-state index contributed by atoms with van der Waals surface area (Å²) in [5.74, 6) is 0. The molecule has 0 atom stereocenters. The van der Waals surface area contributed by atoms with Crippen LogP contribution < -0.4 is 15.4 Å². The van der Waals surface area contributed by atoms with Gasteiger partial charge in [-0.05, 0) is 44.0 Å². The number of nitrogens with one attached hydrogen (secondary N) is 3. The molecule has 0 aliphatic rings. The molecule has 3 N–H and O–H groups in total. The fourth-order valence-corrected chi connectivity index (χ4v) is 4.24. The molecule has 0 spiro atoms. The Morgan fingerprint density at radius 3 is 2.53 bits per heavy atom. The predicted octanol–water partition coefficient (Wildman–Crippen LogP) is 1.66. The molecule has 0 unspecified atom stereocenters. The Hall–Kier alpha value is -2.98. The van der Waals surface area contributed by atoms with Gasteiger partial charge in [0.25, 0.3) is 0 Å². The van der Waals surface area contributed by atoms with Crippen molar-refractivity contribution in [3.8, 4) is 0 Å². The molecule has 10 heteroatoms. The lowest BCUT2D eigenvalue weighted by Crippen LogP contribution is -2.38. The summed E-state index contributed by atoms with van der Waals surface area (Å²) in [5, 5.41) is 13.7. The number of nitrogens with zero attached hydrogens (tertiary/aromatic N) is 3. The van der Waals surface area contributed by atoms with Crippen LogP contribution in [-0.2, 0) is 23.0 Å². The summed E-state index contributed by atoms with van der Waals surface area (Å²) in [5.41, 5.74) is 2.34. The first-order chi connectivity index (χ1) is 14.3. The van der Waals surface area contributed by atoms with E-state index >= 15 is 0 Å². The van der Waals surface area contributed by atoms with Gasteiger partial charge in [-0.2, -0.15) is 0 Å². The van der Waals surface area contributed by atoms with Gasteiger partial charge in [0, 0.05) is 19.1 Å². The van der Waals surface area contributed by atoms with Gasteiger partial charge in [0.2, 0.25) is 10.0 Å². The fourth-order valence-electron chi connectivity index (χ4n) is 2.97. The van der Waals surface area contributed by atoms with Crippen molar-refractivity contribution < 1.29 is 13.2 Å². The van der Waals surface area contributed by atoms with Gasteiger partial charge in [-0.1, -0.05) is 35.5 Å². The summed E-state index contributed by atoms with van der Waals surface area (Å²) in [6, 6.07) is 14.2. The highest BCUT2D eigenvalue weighted by molar-refractivity contribution is 7.89. The Bertz CT molecular complexity index is 1100. The maximum atomic E-state index is 12.3. The average Bonchev–Trinajstić information content (AvgIpc) is 3.10. The number of aromatic nitrogens is 3. The number of fused-ring (bicyclic) bond motifs is 1. The molecule has 3 rings (SSSR count). The molecular formula is C20H26N6O3S. The van der Waals surface area contributed by atoms with E-state index in [0.29, 0.717) is 30.7 Å². The van der Waals surface area contributed by atoms with Crippen LogP contribution >= 0.6 is 0 Å². The lowest BCUT2D eigenvalue weighted by atomic mass is 10.1. The first-order valence-corrected chi connectivity index (χ1v) is 11.2. The van der Waals surface area contributed by atoms with Crippen LogP contribution in [0.5, 0.6) is 0 Å². The standard InChI is InChI=1S/C20H26N6O3S/c1-15(2)24-30(28,29)17-8-9-19-18(14-17)23-25-26(19)13-12-22-20(27)21-11-10-16-6-4-3-5-7-16/h3-9,14-15,24H,10-13H2,1-2H3,(H2,21,22,27). The topological polar surface area (TPSA) is 118 Å². The lowest BCUT2D eigenvalue weighted by Gasteiger charge is -2.10. The van der Waals surface area contributed by atoms with Crippen LogP contribution in [-0.4, -0.2) is 48.6 Å². The van der Waals surface area contributed by atoms with Crippen molar-refractivity contribution >= 4 is 27.1 Å². The summed E-state index contributed by atoms with van der Waals surface area (Å²) in [4.78, 5) is 12.1. The third-order valence-corrected chi connectivity index (χ3v) is 5.99. The molecule has 2 aromatic carbocycles. The minimum absolute atomic E-state index is 0.145. The van der Waals surface area contributed by atoms with E-state index in [1.807, 2.05) is 30.3 Å². The maximum absolute atomic E-state index is 12.3. The average molecular weight is 431 g/mol. The highest BCUT2D eigenvalue weighted by Gasteiger charge is 2.17. The number of benzene rings is 2. The van der Waals surface area contributed by atoms with E-state index in [1.165, 1.54) is 12.1 Å². The van der Waals surface area contributed by atoms with Crippen LogP contribution in [0.2, 0.25) is 0 Å². The van der Waals surface area contributed by atoms with Gasteiger partial charge in [-0.25, -0.2) is 22.6 Å². The first kappa shape index (κ1) is 21.7. The quantitative estimate of drug-likeness (QED) is 0.477. The molecule has 0 bridgehead atoms. The number of carbonyl (C=O) groups is 1. The number of sulfonamides is 1. The molecule has 0 saturated heterocycles. The number of carbonyl (C=O) groups excluding carboxylic acids is 1. The van der Waals surface area contributed by atoms with Crippen LogP contribution in [0.15, 0.2) is 53.4 Å². The van der Waals surface area contributed by atoms with Crippen molar-refractivity contribution in [3.05, 3.63) is 54.1 Å². The van der Waals surface area contributed by atoms with E-state index < -0.39 is 10.0 Å². The van der Waals surface area contributed by atoms with E-state index in [-0.39, 0.29) is 17.0 Å². The molecule has 0 aliphatic carbocycles. The molecule has 0 fully saturated rings. The predicted molar refractivity (Wildman–Crippen MR) is 115 cm³/mol. The highest BCUT2D eigenvalue weighted by Crippen LogP contribution is 2.17. The molecule has 2 amide bonds. The summed E-state index contributed by atoms with van der Waals surface area (Å²) in [6.07, 6.45) is 0.763. The number of urea groups is 1. The zero-order valence-electron chi connectivity index (χ0n) is 17.0. The molecule has 9 nitrogen and oxygen atoms in total. The SMILES string of the molecule is CC(C)NS(=O)(=O)c1ccc2c(c1)nnn2CCNC(=O)NCCc1ccccc1. The zero-order chi connectivity index (χ0) is 21.6. The van der Waals surface area contributed by atoms with Crippen LogP contribution in [0.25, 0.3) is 11.0 Å². The van der Waals surface area contributed by atoms with Crippen LogP contribution in [0.1, 0.15) is 19.4 Å². The number of amides is 2. The van der Waals surface area contributed by atoms with Gasteiger partial charge in [0.1, 0.15) is 5.52 Å². The molecule has 0 radical (unpaired) electrons. The van der Waals surface area contributed by atoms with Crippen molar-refractivity contribution in [1.82, 2.24) is 30.3 Å². The Labute approximate surface area is 175 Å². The van der Waals surface area contributed by atoms with E-state index in [9.17, 15) is 13.2 Å². The van der Waals surface area contributed by atoms with E-state index in [2.05, 4.69) is 25.7 Å². The van der Waals surface area contributed by atoms with E-state index in [0.717, 1.165) is 12.0 Å². The second kappa shape index (κ2) is 9.68. The first-order valence-electron chi connectivity index (χ1n) is 9.76. The van der Waals surface area contributed by atoms with E-state index in [1.54, 1.807) is 24.6 Å². The lowest BCUT2D eigenvalue weighted by molar-refractivity contribution is 0.240. The minimum atomic E-state index is -3.59. The Balaban J connectivity index is 1.51. The van der Waals surface area contributed by atoms with Crippen LogP contribution in [0.3, 0.4) is 0 Å². The van der Waals surface area contributed by atoms with Gasteiger partial charge >= 0.3 is 6.03 Å². The van der Waals surface area contributed by atoms with Crippen molar-refractivity contribution in [3.63, 3.8) is 0 Å². The van der Waals surface area contributed by atoms with Crippen molar-refractivity contribution in [2.45, 2.75) is 37.8 Å². The third-order valence-electron chi connectivity index (χ3n) is 4.34. The molecule has 0 aliphatic heterocycles. The normalized spacial score (nSPS) is 11.7. The van der Waals surface area contributed by atoms with Gasteiger partial charge < -0.3 is 10.6 Å². The fraction of sp³-hybridized carbons (Fsp3) is 0.350. The van der Waals surface area contributed by atoms with Crippen LogP contribution in [0.4, 0.5) is 4.79 Å². The molecule has 3 aromatic rings. The van der Waals surface area contributed by atoms with Gasteiger partial charge in [0.05, 0.1) is 17.0 Å². The molecule has 30 heavy (non-hydrogen) atoms. The van der Waals surface area contributed by atoms with Gasteiger partial charge in [-0.15, -0.1) is 5.10 Å². The zero-order valence-corrected chi connectivity index (χ0v) is 17.8. The largest absolute Gasteiger partial charge is 0.338 e. The number of rotatable bonds is 9. The smallest absolute Gasteiger partial charge is 0.314 e. The third kappa shape index (κ3) is 5.77. The number of hydrogen-bond acceptors (Lipinski definition) is 5. The number of hydrogen-bond donors (Lipinski definition) is 3. The second-order valence-electron chi connectivity index (χ2n) is 7.16. The minimum Gasteiger partial charge on any atom is -0.338 e. The Kier molecular flexibility index (Phi) is 7.01. The summed E-state index contributed by atoms with van der Waals surface area (Å²) in [6.45, 7) is 4.85. The van der Waals surface area contributed by atoms with Crippen molar-refractivity contribution in [2.24, 2.45) is 0 Å². The summed E-state index contributed by atoms with van der Waals surface area (Å²) >= 11 is 0. The van der Waals surface area contributed by atoms with Gasteiger partial charge in [-0.3, -0.25) is 0 Å². The molecule has 160 valence electrons. The Morgan fingerprint density at radius 1 is 1.07 bits per heavy atom. The van der Waals surface area contributed by atoms with Crippen LogP contribution in [0, 0.1) is 0 Å². The highest BCUT2D eigenvalue weighted by atomic mass is 32.2. The maximum Gasteiger partial charge on any atom is 0.314 e. The molecular weight excluding hydrogens is 404 g/mol. The second-order valence-corrected chi connectivity index (χ2v) is 8.87. The van der Waals surface area contributed by atoms with Crippen molar-refractivity contribution in [2.75, 3.05) is 13.1 Å². The molecule has 1 aromatic heterocycles. The molecule has 1 heterocycles. The van der Waals surface area contributed by atoms with Crippen molar-refractivity contribution in [1.29, 1.82) is 0 Å². The van der Waals surface area contributed by atoms with Gasteiger partial charge in [0.15, 0.2) is 0 Å². The summed E-state index contributed by atoms with van der Waals surface area (Å²) < 4.78 is 28.8. The molecule has 0 saturated carbocycles. The van der Waals surface area contributed by atoms with E-state index in [4.69, 9.17) is 0 Å².